The molecule has 0 aliphatic rings. The monoisotopic (exact) mass is 164 g/mol. The Morgan fingerprint density at radius 3 is 2.17 bits per heavy atom. The molecule has 0 aliphatic carbocycles. The molecule has 0 amide bonds. The topological polar surface area (TPSA) is 0 Å². The molecule has 1 heteroatoms. The van der Waals surface area contributed by atoms with Crippen LogP contribution < -0.4 is 0 Å². The van der Waals surface area contributed by atoms with E-state index in [1.807, 2.05) is 13.8 Å². The minimum Gasteiger partial charge on any atom is -0.207 e. The van der Waals surface area contributed by atoms with E-state index in [-0.39, 0.29) is 5.83 Å². The van der Waals surface area contributed by atoms with Crippen molar-refractivity contribution >= 4 is 0 Å². The minimum absolute atomic E-state index is 0.357. The van der Waals surface area contributed by atoms with E-state index in [0.29, 0.717) is 11.1 Å². The Hall–Kier alpha value is -1.29. The van der Waals surface area contributed by atoms with Crippen molar-refractivity contribution in [3.05, 3.63) is 35.2 Å². The van der Waals surface area contributed by atoms with Gasteiger partial charge in [0.1, 0.15) is 5.83 Å². The van der Waals surface area contributed by atoms with Crippen LogP contribution in [0.2, 0.25) is 0 Å². The minimum atomic E-state index is -0.357. The van der Waals surface area contributed by atoms with Crippen molar-refractivity contribution < 1.29 is 4.39 Å². The SMILES string of the molecule is C#CC(/C=C(/F)C(=C)C)=C(C)C. The number of allylic oxidation sites excluding steroid dienone is 5. The summed E-state index contributed by atoms with van der Waals surface area (Å²) in [7, 11) is 0. The molecule has 0 aromatic rings. The molecule has 0 radical (unpaired) electrons. The maximum absolute atomic E-state index is 13.0. The predicted molar refractivity (Wildman–Crippen MR) is 51.2 cm³/mol. The Balaban J connectivity index is 4.88. The lowest BCUT2D eigenvalue weighted by atomic mass is 10.1. The first kappa shape index (κ1) is 10.7. The van der Waals surface area contributed by atoms with E-state index in [1.165, 1.54) is 6.08 Å². The molecule has 0 unspecified atom stereocenters. The molecule has 0 nitrogen and oxygen atoms in total. The fourth-order valence-corrected chi connectivity index (χ4v) is 0.580. The van der Waals surface area contributed by atoms with Gasteiger partial charge in [0.15, 0.2) is 0 Å². The normalized spacial score (nSPS) is 10.4. The quantitative estimate of drug-likeness (QED) is 0.433. The molecule has 0 aromatic carbocycles. The summed E-state index contributed by atoms with van der Waals surface area (Å²) >= 11 is 0. The average Bonchev–Trinajstić information content (AvgIpc) is 1.98. The second-order valence-corrected chi connectivity index (χ2v) is 2.83. The van der Waals surface area contributed by atoms with Gasteiger partial charge in [0.2, 0.25) is 0 Å². The van der Waals surface area contributed by atoms with E-state index < -0.39 is 0 Å². The molecule has 0 aliphatic heterocycles. The van der Waals surface area contributed by atoms with E-state index in [1.54, 1.807) is 6.92 Å². The van der Waals surface area contributed by atoms with Crippen LogP contribution in [0, 0.1) is 12.3 Å². The van der Waals surface area contributed by atoms with Gasteiger partial charge in [0.05, 0.1) is 0 Å². The van der Waals surface area contributed by atoms with Gasteiger partial charge in [-0.1, -0.05) is 18.1 Å². The molecule has 0 aromatic heterocycles. The van der Waals surface area contributed by atoms with Crippen molar-refractivity contribution in [3.63, 3.8) is 0 Å². The van der Waals surface area contributed by atoms with Crippen LogP contribution in [0.5, 0.6) is 0 Å². The summed E-state index contributed by atoms with van der Waals surface area (Å²) in [4.78, 5) is 0. The van der Waals surface area contributed by atoms with Crippen LogP contribution in [0.4, 0.5) is 4.39 Å². The zero-order chi connectivity index (χ0) is 9.72. The van der Waals surface area contributed by atoms with E-state index in [2.05, 4.69) is 12.5 Å². The highest BCUT2D eigenvalue weighted by atomic mass is 19.1. The summed E-state index contributed by atoms with van der Waals surface area (Å²) in [6.07, 6.45) is 6.50. The number of rotatable bonds is 2. The summed E-state index contributed by atoms with van der Waals surface area (Å²) in [6, 6.07) is 0. The van der Waals surface area contributed by atoms with Crippen LogP contribution in [0.25, 0.3) is 0 Å². The standard InChI is InChI=1S/C11H13F/c1-6-10(8(2)3)7-11(12)9(4)5/h1,7H,4H2,2-3,5H3/b11-7+. The van der Waals surface area contributed by atoms with Crippen molar-refractivity contribution in [2.45, 2.75) is 20.8 Å². The third kappa shape index (κ3) is 3.21. The van der Waals surface area contributed by atoms with E-state index in [0.717, 1.165) is 5.57 Å². The van der Waals surface area contributed by atoms with E-state index >= 15 is 0 Å². The summed E-state index contributed by atoms with van der Waals surface area (Å²) in [5.74, 6) is 2.05. The van der Waals surface area contributed by atoms with Gasteiger partial charge in [-0.15, -0.1) is 6.42 Å². The largest absolute Gasteiger partial charge is 0.207 e. The number of hydrogen-bond acceptors (Lipinski definition) is 0. The third-order valence-electron chi connectivity index (χ3n) is 1.37. The molecule has 0 N–H and O–H groups in total. The first-order valence-corrected chi connectivity index (χ1v) is 3.66. The van der Waals surface area contributed by atoms with Gasteiger partial charge in [-0.2, -0.15) is 0 Å². The fraction of sp³-hybridized carbons (Fsp3) is 0.273. The molecule has 0 atom stereocenters. The first-order chi connectivity index (χ1) is 5.49. The van der Waals surface area contributed by atoms with Crippen LogP contribution in [-0.4, -0.2) is 0 Å². The zero-order valence-corrected chi connectivity index (χ0v) is 7.74. The summed E-state index contributed by atoms with van der Waals surface area (Å²) < 4.78 is 13.0. The summed E-state index contributed by atoms with van der Waals surface area (Å²) in [5, 5.41) is 0. The van der Waals surface area contributed by atoms with Crippen LogP contribution >= 0.6 is 0 Å². The van der Waals surface area contributed by atoms with Crippen molar-refractivity contribution in [2.24, 2.45) is 0 Å². The summed E-state index contributed by atoms with van der Waals surface area (Å²) in [5.41, 5.74) is 1.90. The molecule has 0 heterocycles. The highest BCUT2D eigenvalue weighted by molar-refractivity contribution is 5.43. The van der Waals surface area contributed by atoms with Crippen molar-refractivity contribution in [1.29, 1.82) is 0 Å². The van der Waals surface area contributed by atoms with Gasteiger partial charge >= 0.3 is 0 Å². The molecular weight excluding hydrogens is 151 g/mol. The first-order valence-electron chi connectivity index (χ1n) is 3.66. The van der Waals surface area contributed by atoms with Crippen molar-refractivity contribution in [1.82, 2.24) is 0 Å². The van der Waals surface area contributed by atoms with Crippen LogP contribution in [-0.2, 0) is 0 Å². The Kier molecular flexibility index (Phi) is 4.07. The van der Waals surface area contributed by atoms with Crippen LogP contribution in [0.1, 0.15) is 20.8 Å². The van der Waals surface area contributed by atoms with Gasteiger partial charge in [-0.3, -0.25) is 0 Å². The average molecular weight is 164 g/mol. The van der Waals surface area contributed by atoms with E-state index in [4.69, 9.17) is 6.42 Å². The Morgan fingerprint density at radius 2 is 1.92 bits per heavy atom. The maximum atomic E-state index is 13.0. The Labute approximate surface area is 73.5 Å². The van der Waals surface area contributed by atoms with Gasteiger partial charge in [0, 0.05) is 5.57 Å². The van der Waals surface area contributed by atoms with Gasteiger partial charge in [-0.25, -0.2) is 4.39 Å². The number of hydrogen-bond donors (Lipinski definition) is 0. The molecule has 0 saturated heterocycles. The molecule has 0 rings (SSSR count). The summed E-state index contributed by atoms with van der Waals surface area (Å²) in [6.45, 7) is 8.76. The molecule has 12 heavy (non-hydrogen) atoms. The van der Waals surface area contributed by atoms with E-state index in [9.17, 15) is 4.39 Å². The molecule has 0 spiro atoms. The lowest BCUT2D eigenvalue weighted by Gasteiger charge is -1.97. The van der Waals surface area contributed by atoms with Crippen molar-refractivity contribution in [3.8, 4) is 12.3 Å². The lowest BCUT2D eigenvalue weighted by Crippen LogP contribution is -1.81. The van der Waals surface area contributed by atoms with Gasteiger partial charge in [-0.05, 0) is 32.4 Å². The highest BCUT2D eigenvalue weighted by Gasteiger charge is 1.97. The molecular formula is C11H13F. The van der Waals surface area contributed by atoms with Crippen LogP contribution in [0.15, 0.2) is 35.2 Å². The molecule has 0 saturated carbocycles. The van der Waals surface area contributed by atoms with Crippen molar-refractivity contribution in [2.75, 3.05) is 0 Å². The second kappa shape index (κ2) is 4.56. The number of halogens is 1. The van der Waals surface area contributed by atoms with Crippen LogP contribution in [0.3, 0.4) is 0 Å². The molecule has 64 valence electrons. The molecule has 0 fully saturated rings. The fourth-order valence-electron chi connectivity index (χ4n) is 0.580. The zero-order valence-electron chi connectivity index (χ0n) is 7.74. The Bertz CT molecular complexity index is 281. The Morgan fingerprint density at radius 1 is 1.42 bits per heavy atom. The third-order valence-corrected chi connectivity index (χ3v) is 1.37. The van der Waals surface area contributed by atoms with Gasteiger partial charge < -0.3 is 0 Å². The smallest absolute Gasteiger partial charge is 0.126 e. The molecule has 0 bridgehead atoms. The lowest BCUT2D eigenvalue weighted by molar-refractivity contribution is 0.652. The second-order valence-electron chi connectivity index (χ2n) is 2.83. The maximum Gasteiger partial charge on any atom is 0.126 e. The highest BCUT2D eigenvalue weighted by Crippen LogP contribution is 2.13. The number of terminal acetylenes is 1. The predicted octanol–water partition coefficient (Wildman–Crippen LogP) is 3.39. The van der Waals surface area contributed by atoms with Gasteiger partial charge in [0.25, 0.3) is 0 Å².